The normalized spacial score (nSPS) is 9.43. The lowest BCUT2D eigenvalue weighted by atomic mass is 10.1. The van der Waals surface area contributed by atoms with Gasteiger partial charge in [0.1, 0.15) is 0 Å². The monoisotopic (exact) mass is 281 g/mol. The molecule has 1 heteroatoms. The van der Waals surface area contributed by atoms with Gasteiger partial charge in [0, 0.05) is 17.3 Å². The van der Waals surface area contributed by atoms with E-state index in [1.165, 1.54) is 27.7 Å². The van der Waals surface area contributed by atoms with Crippen LogP contribution in [-0.4, -0.2) is 4.57 Å². The molecule has 0 aliphatic rings. The fourth-order valence-electron chi connectivity index (χ4n) is 2.42. The third-order valence-electron chi connectivity index (χ3n) is 3.19. The predicted molar refractivity (Wildman–Crippen MR) is 95.4 cm³/mol. The number of aromatic nitrogens is 1. The van der Waals surface area contributed by atoms with E-state index < -0.39 is 0 Å². The number of nitrogens with zero attached hydrogens (tertiary/aromatic N) is 1. The standard InChI is InChI=1S/C16H15N.2C2H6/c1-12-10-13(2)15-8-9-17(16(15)11-12)14-6-4-3-5-7-14;2*1-2/h3-11H,1-2H3;2*1-2H3. The molecule has 21 heavy (non-hydrogen) atoms. The predicted octanol–water partition coefficient (Wildman–Crippen LogP) is 6.30. The van der Waals surface area contributed by atoms with E-state index in [0.717, 1.165) is 0 Å². The van der Waals surface area contributed by atoms with Gasteiger partial charge >= 0.3 is 0 Å². The Morgan fingerprint density at radius 3 is 2.00 bits per heavy atom. The van der Waals surface area contributed by atoms with Crippen molar-refractivity contribution in [3.63, 3.8) is 0 Å². The number of fused-ring (bicyclic) bond motifs is 1. The maximum absolute atomic E-state index is 2.25. The maximum Gasteiger partial charge on any atom is 0.0533 e. The van der Waals surface area contributed by atoms with Gasteiger partial charge in [-0.05, 0) is 49.2 Å². The molecule has 0 unspecified atom stereocenters. The van der Waals surface area contributed by atoms with Crippen LogP contribution in [0.4, 0.5) is 0 Å². The van der Waals surface area contributed by atoms with E-state index in [0.29, 0.717) is 0 Å². The molecule has 0 N–H and O–H groups in total. The second-order valence-corrected chi connectivity index (χ2v) is 4.54. The topological polar surface area (TPSA) is 4.93 Å². The van der Waals surface area contributed by atoms with Crippen LogP contribution in [-0.2, 0) is 0 Å². The quantitative estimate of drug-likeness (QED) is 0.493. The van der Waals surface area contributed by atoms with E-state index in [9.17, 15) is 0 Å². The molecule has 0 bridgehead atoms. The summed E-state index contributed by atoms with van der Waals surface area (Å²) >= 11 is 0. The van der Waals surface area contributed by atoms with Gasteiger partial charge in [-0.2, -0.15) is 0 Å². The van der Waals surface area contributed by atoms with Crippen LogP contribution in [0.5, 0.6) is 0 Å². The SMILES string of the molecule is CC.CC.Cc1cc(C)c2ccn(-c3ccccc3)c2c1. The van der Waals surface area contributed by atoms with Crippen LogP contribution in [0.25, 0.3) is 16.6 Å². The zero-order valence-electron chi connectivity index (χ0n) is 14.1. The molecular formula is C20H27N. The molecule has 0 spiro atoms. The molecule has 0 radical (unpaired) electrons. The van der Waals surface area contributed by atoms with Gasteiger partial charge < -0.3 is 4.57 Å². The smallest absolute Gasteiger partial charge is 0.0533 e. The Bertz CT molecular complexity index is 663. The minimum atomic E-state index is 1.22. The van der Waals surface area contributed by atoms with Crippen LogP contribution in [0.2, 0.25) is 0 Å². The maximum atomic E-state index is 2.25. The Morgan fingerprint density at radius 1 is 0.762 bits per heavy atom. The number of hydrogen-bond acceptors (Lipinski definition) is 0. The van der Waals surface area contributed by atoms with Gasteiger partial charge in [-0.3, -0.25) is 0 Å². The van der Waals surface area contributed by atoms with Crippen molar-refractivity contribution < 1.29 is 0 Å². The minimum Gasteiger partial charge on any atom is -0.317 e. The van der Waals surface area contributed by atoms with Crippen molar-refractivity contribution in [3.8, 4) is 5.69 Å². The summed E-state index contributed by atoms with van der Waals surface area (Å²) < 4.78 is 2.25. The Labute approximate surface area is 129 Å². The van der Waals surface area contributed by atoms with Crippen molar-refractivity contribution in [1.82, 2.24) is 4.57 Å². The first-order valence-electron chi connectivity index (χ1n) is 7.89. The molecular weight excluding hydrogens is 254 g/mol. The first-order chi connectivity index (χ1) is 10.3. The lowest BCUT2D eigenvalue weighted by Gasteiger charge is -2.07. The summed E-state index contributed by atoms with van der Waals surface area (Å²) in [6.45, 7) is 12.3. The van der Waals surface area contributed by atoms with Crippen molar-refractivity contribution in [1.29, 1.82) is 0 Å². The molecule has 0 saturated heterocycles. The second kappa shape index (κ2) is 8.31. The van der Waals surface area contributed by atoms with Gasteiger partial charge in [0.25, 0.3) is 0 Å². The number of para-hydroxylation sites is 1. The molecule has 0 aliphatic heterocycles. The van der Waals surface area contributed by atoms with E-state index >= 15 is 0 Å². The fraction of sp³-hybridized carbons (Fsp3) is 0.300. The lowest BCUT2D eigenvalue weighted by Crippen LogP contribution is -1.91. The average molecular weight is 281 g/mol. The largest absolute Gasteiger partial charge is 0.317 e. The second-order valence-electron chi connectivity index (χ2n) is 4.54. The molecule has 0 atom stereocenters. The molecule has 1 nitrogen and oxygen atoms in total. The van der Waals surface area contributed by atoms with Crippen LogP contribution in [0.1, 0.15) is 38.8 Å². The lowest BCUT2D eigenvalue weighted by molar-refractivity contribution is 1.13. The summed E-state index contributed by atoms with van der Waals surface area (Å²) in [4.78, 5) is 0. The minimum absolute atomic E-state index is 1.22. The summed E-state index contributed by atoms with van der Waals surface area (Å²) in [7, 11) is 0. The highest BCUT2D eigenvalue weighted by Gasteiger charge is 2.05. The third kappa shape index (κ3) is 3.75. The summed E-state index contributed by atoms with van der Waals surface area (Å²) in [5.74, 6) is 0. The Balaban J connectivity index is 0.000000510. The van der Waals surface area contributed by atoms with Crippen molar-refractivity contribution in [2.45, 2.75) is 41.5 Å². The molecule has 1 heterocycles. The molecule has 0 fully saturated rings. The Hall–Kier alpha value is -2.02. The van der Waals surface area contributed by atoms with Crippen LogP contribution >= 0.6 is 0 Å². The van der Waals surface area contributed by atoms with E-state index in [1.807, 2.05) is 33.8 Å². The zero-order chi connectivity index (χ0) is 15.8. The fourth-order valence-corrected chi connectivity index (χ4v) is 2.42. The molecule has 0 aliphatic carbocycles. The summed E-state index contributed by atoms with van der Waals surface area (Å²) in [5.41, 5.74) is 5.15. The molecule has 3 rings (SSSR count). The highest BCUT2D eigenvalue weighted by Crippen LogP contribution is 2.24. The zero-order valence-corrected chi connectivity index (χ0v) is 14.1. The molecule has 1 aromatic heterocycles. The van der Waals surface area contributed by atoms with Gasteiger partial charge in [-0.1, -0.05) is 52.0 Å². The molecule has 0 saturated carbocycles. The average Bonchev–Trinajstić information content (AvgIpc) is 2.96. The van der Waals surface area contributed by atoms with Crippen LogP contribution in [0.15, 0.2) is 54.7 Å². The van der Waals surface area contributed by atoms with Crippen LogP contribution in [0.3, 0.4) is 0 Å². The summed E-state index contributed by atoms with van der Waals surface area (Å²) in [6.07, 6.45) is 2.15. The highest BCUT2D eigenvalue weighted by molar-refractivity contribution is 5.85. The van der Waals surface area contributed by atoms with Crippen LogP contribution in [0, 0.1) is 13.8 Å². The first kappa shape index (κ1) is 17.0. The molecule has 112 valence electrons. The van der Waals surface area contributed by atoms with E-state index in [-0.39, 0.29) is 0 Å². The van der Waals surface area contributed by atoms with E-state index in [4.69, 9.17) is 0 Å². The number of benzene rings is 2. The first-order valence-corrected chi connectivity index (χ1v) is 7.89. The number of rotatable bonds is 1. The van der Waals surface area contributed by atoms with Crippen molar-refractivity contribution in [2.24, 2.45) is 0 Å². The van der Waals surface area contributed by atoms with Crippen molar-refractivity contribution >= 4 is 10.9 Å². The van der Waals surface area contributed by atoms with Gasteiger partial charge in [-0.15, -0.1) is 0 Å². The van der Waals surface area contributed by atoms with Gasteiger partial charge in [0.05, 0.1) is 5.52 Å². The van der Waals surface area contributed by atoms with Crippen LogP contribution < -0.4 is 0 Å². The number of aryl methyl sites for hydroxylation is 2. The summed E-state index contributed by atoms with van der Waals surface area (Å²) in [6, 6.07) is 17.1. The van der Waals surface area contributed by atoms with E-state index in [1.54, 1.807) is 0 Å². The number of hydrogen-bond donors (Lipinski definition) is 0. The molecule has 3 aromatic rings. The van der Waals surface area contributed by atoms with E-state index in [2.05, 4.69) is 67.1 Å². The van der Waals surface area contributed by atoms with Crippen molar-refractivity contribution in [3.05, 3.63) is 65.9 Å². The Morgan fingerprint density at radius 2 is 1.38 bits per heavy atom. The van der Waals surface area contributed by atoms with Gasteiger partial charge in [0.15, 0.2) is 0 Å². The Kier molecular flexibility index (Phi) is 6.74. The highest BCUT2D eigenvalue weighted by atomic mass is 15.0. The van der Waals surface area contributed by atoms with Gasteiger partial charge in [-0.25, -0.2) is 0 Å². The summed E-state index contributed by atoms with van der Waals surface area (Å²) in [5, 5.41) is 1.33. The third-order valence-corrected chi connectivity index (χ3v) is 3.19. The molecule has 0 amide bonds. The van der Waals surface area contributed by atoms with Gasteiger partial charge in [0.2, 0.25) is 0 Å². The molecule has 2 aromatic carbocycles. The van der Waals surface area contributed by atoms with Crippen molar-refractivity contribution in [2.75, 3.05) is 0 Å².